The third-order valence-electron chi connectivity index (χ3n) is 4.94. The Balaban J connectivity index is 1.87. The van der Waals surface area contributed by atoms with Crippen molar-refractivity contribution in [1.29, 1.82) is 5.26 Å². The number of hydrogen-bond donors (Lipinski definition) is 2. The van der Waals surface area contributed by atoms with Crippen LogP contribution in [0.2, 0.25) is 6.32 Å². The van der Waals surface area contributed by atoms with Gasteiger partial charge in [0.25, 0.3) is 0 Å². The van der Waals surface area contributed by atoms with Crippen molar-refractivity contribution in [2.24, 2.45) is 5.92 Å². The van der Waals surface area contributed by atoms with Gasteiger partial charge in [-0.1, -0.05) is 18.6 Å². The molecule has 0 atom stereocenters. The van der Waals surface area contributed by atoms with Crippen molar-refractivity contribution in [3.05, 3.63) is 30.0 Å². The largest absolute Gasteiger partial charge is 0.494 e. The summed E-state index contributed by atoms with van der Waals surface area (Å²) in [6.45, 7) is 1.69. The molecule has 0 amide bonds. The molecule has 1 aliphatic heterocycles. The molecule has 2 aromatic rings. The van der Waals surface area contributed by atoms with Gasteiger partial charge in [0.1, 0.15) is 17.3 Å². The Morgan fingerprint density at radius 2 is 2.12 bits per heavy atom. The van der Waals surface area contributed by atoms with E-state index in [0.29, 0.717) is 23.6 Å². The van der Waals surface area contributed by atoms with Crippen LogP contribution in [0.5, 0.6) is 5.75 Å². The molecule has 1 aromatic carbocycles. The standard InChI is InChI=1S/C18H22BN3O3/c1-25-16-4-2-3-15-17(16)21-12-14(11-20)18(15)22-9-6-13(7-10-22)5-8-19(23)24/h2-4,12-13,23-24H,5-10H2,1H3. The third kappa shape index (κ3) is 3.70. The SMILES string of the molecule is COc1cccc2c(N3CCC(CCB(O)O)CC3)c(C#N)cnc12. The summed E-state index contributed by atoms with van der Waals surface area (Å²) in [5.41, 5.74) is 2.27. The Labute approximate surface area is 147 Å². The normalized spacial score (nSPS) is 15.2. The molecule has 1 saturated heterocycles. The average molecular weight is 339 g/mol. The molecule has 25 heavy (non-hydrogen) atoms. The van der Waals surface area contributed by atoms with Crippen LogP contribution >= 0.6 is 0 Å². The van der Waals surface area contributed by atoms with E-state index in [1.165, 1.54) is 0 Å². The van der Waals surface area contributed by atoms with Gasteiger partial charge in [-0.2, -0.15) is 5.26 Å². The lowest BCUT2D eigenvalue weighted by atomic mass is 9.78. The van der Waals surface area contributed by atoms with Gasteiger partial charge >= 0.3 is 7.12 Å². The highest BCUT2D eigenvalue weighted by Crippen LogP contribution is 2.36. The fraction of sp³-hybridized carbons (Fsp3) is 0.444. The van der Waals surface area contributed by atoms with E-state index in [1.807, 2.05) is 18.2 Å². The monoisotopic (exact) mass is 339 g/mol. The van der Waals surface area contributed by atoms with E-state index in [4.69, 9.17) is 14.8 Å². The van der Waals surface area contributed by atoms with Crippen molar-refractivity contribution in [2.75, 3.05) is 25.1 Å². The quantitative estimate of drug-likeness (QED) is 0.812. The smallest absolute Gasteiger partial charge is 0.451 e. The van der Waals surface area contributed by atoms with Crippen molar-refractivity contribution in [3.63, 3.8) is 0 Å². The second kappa shape index (κ2) is 7.73. The second-order valence-corrected chi connectivity index (χ2v) is 6.48. The van der Waals surface area contributed by atoms with Crippen molar-refractivity contribution < 1.29 is 14.8 Å². The van der Waals surface area contributed by atoms with Gasteiger partial charge in [-0.3, -0.25) is 4.98 Å². The van der Waals surface area contributed by atoms with E-state index in [-0.39, 0.29) is 0 Å². The van der Waals surface area contributed by atoms with Gasteiger partial charge in [0.2, 0.25) is 0 Å². The Bertz CT molecular complexity index is 783. The highest BCUT2D eigenvalue weighted by molar-refractivity contribution is 6.40. The van der Waals surface area contributed by atoms with E-state index >= 15 is 0 Å². The molecular weight excluding hydrogens is 317 g/mol. The van der Waals surface area contributed by atoms with Gasteiger partial charge in [0.15, 0.2) is 0 Å². The zero-order chi connectivity index (χ0) is 17.8. The van der Waals surface area contributed by atoms with Gasteiger partial charge in [0.05, 0.1) is 18.4 Å². The first-order valence-electron chi connectivity index (χ1n) is 8.61. The summed E-state index contributed by atoms with van der Waals surface area (Å²) in [5, 5.41) is 28.5. The number of rotatable bonds is 5. The molecule has 0 saturated carbocycles. The number of pyridine rings is 1. The maximum atomic E-state index is 9.53. The average Bonchev–Trinajstić information content (AvgIpc) is 2.65. The lowest BCUT2D eigenvalue weighted by molar-refractivity contribution is 0.362. The second-order valence-electron chi connectivity index (χ2n) is 6.48. The summed E-state index contributed by atoms with van der Waals surface area (Å²) >= 11 is 0. The van der Waals surface area contributed by atoms with Crippen LogP contribution in [-0.4, -0.2) is 42.3 Å². The number of nitriles is 1. The Kier molecular flexibility index (Phi) is 5.42. The van der Waals surface area contributed by atoms with Crippen LogP contribution in [0.1, 0.15) is 24.8 Å². The molecule has 130 valence electrons. The van der Waals surface area contributed by atoms with Crippen molar-refractivity contribution in [1.82, 2.24) is 4.98 Å². The maximum absolute atomic E-state index is 9.53. The number of benzene rings is 1. The molecule has 2 heterocycles. The topological polar surface area (TPSA) is 89.6 Å². The van der Waals surface area contributed by atoms with E-state index < -0.39 is 7.12 Å². The number of aromatic nitrogens is 1. The van der Waals surface area contributed by atoms with Crippen LogP contribution in [0, 0.1) is 17.2 Å². The predicted octanol–water partition coefficient (Wildman–Crippen LogP) is 2.19. The van der Waals surface area contributed by atoms with Crippen LogP contribution in [0.25, 0.3) is 10.9 Å². The molecular formula is C18H22BN3O3. The number of piperidine rings is 1. The highest BCUT2D eigenvalue weighted by atomic mass is 16.5. The summed E-state index contributed by atoms with van der Waals surface area (Å²) in [7, 11) is 0.398. The summed E-state index contributed by atoms with van der Waals surface area (Å²) in [6, 6.07) is 8.04. The van der Waals surface area contributed by atoms with Gasteiger partial charge in [-0.05, 0) is 31.1 Å². The van der Waals surface area contributed by atoms with Gasteiger partial charge in [-0.15, -0.1) is 0 Å². The number of methoxy groups -OCH3 is 1. The van der Waals surface area contributed by atoms with Gasteiger partial charge in [-0.25, -0.2) is 0 Å². The van der Waals surface area contributed by atoms with Crippen LogP contribution < -0.4 is 9.64 Å². The molecule has 1 aromatic heterocycles. The van der Waals surface area contributed by atoms with E-state index in [2.05, 4.69) is 16.0 Å². The zero-order valence-corrected chi connectivity index (χ0v) is 14.4. The van der Waals surface area contributed by atoms with E-state index in [0.717, 1.165) is 48.9 Å². The molecule has 0 aliphatic carbocycles. The van der Waals surface area contributed by atoms with Gasteiger partial charge in [0, 0.05) is 24.7 Å². The molecule has 1 fully saturated rings. The minimum Gasteiger partial charge on any atom is -0.494 e. The van der Waals surface area contributed by atoms with Crippen LogP contribution in [0.15, 0.2) is 24.4 Å². The minimum absolute atomic E-state index is 0.420. The fourth-order valence-electron chi connectivity index (χ4n) is 3.60. The summed E-state index contributed by atoms with van der Waals surface area (Å²) in [5.74, 6) is 1.20. The Morgan fingerprint density at radius 1 is 1.36 bits per heavy atom. The predicted molar refractivity (Wildman–Crippen MR) is 97.6 cm³/mol. The van der Waals surface area contributed by atoms with E-state index in [9.17, 15) is 5.26 Å². The van der Waals surface area contributed by atoms with Crippen LogP contribution in [-0.2, 0) is 0 Å². The molecule has 7 heteroatoms. The first-order valence-corrected chi connectivity index (χ1v) is 8.61. The molecule has 6 nitrogen and oxygen atoms in total. The third-order valence-corrected chi connectivity index (χ3v) is 4.94. The molecule has 0 radical (unpaired) electrons. The number of para-hydroxylation sites is 1. The number of ether oxygens (including phenoxy) is 1. The first kappa shape index (κ1) is 17.5. The fourth-order valence-corrected chi connectivity index (χ4v) is 3.60. The number of nitrogens with zero attached hydrogens (tertiary/aromatic N) is 3. The molecule has 2 N–H and O–H groups in total. The molecule has 0 spiro atoms. The Hall–Kier alpha value is -2.30. The number of fused-ring (bicyclic) bond motifs is 1. The van der Waals surface area contributed by atoms with Crippen molar-refractivity contribution in [3.8, 4) is 11.8 Å². The van der Waals surface area contributed by atoms with Crippen LogP contribution in [0.4, 0.5) is 5.69 Å². The summed E-state index contributed by atoms with van der Waals surface area (Å²) in [4.78, 5) is 6.66. The molecule has 0 unspecified atom stereocenters. The van der Waals surface area contributed by atoms with Gasteiger partial charge < -0.3 is 19.7 Å². The first-order chi connectivity index (χ1) is 12.1. The molecule has 3 rings (SSSR count). The lowest BCUT2D eigenvalue weighted by Gasteiger charge is -2.34. The maximum Gasteiger partial charge on any atom is 0.451 e. The minimum atomic E-state index is -1.22. The Morgan fingerprint density at radius 3 is 2.76 bits per heavy atom. The van der Waals surface area contributed by atoms with Crippen molar-refractivity contribution >= 4 is 23.7 Å². The highest BCUT2D eigenvalue weighted by Gasteiger charge is 2.24. The zero-order valence-electron chi connectivity index (χ0n) is 14.4. The summed E-state index contributed by atoms with van der Waals surface area (Å²) < 4.78 is 5.40. The number of anilines is 1. The molecule has 1 aliphatic rings. The lowest BCUT2D eigenvalue weighted by Crippen LogP contribution is -2.34. The summed E-state index contributed by atoms with van der Waals surface area (Å²) in [6.07, 6.45) is 4.82. The van der Waals surface area contributed by atoms with E-state index in [1.54, 1.807) is 13.3 Å². The van der Waals surface area contributed by atoms with Crippen molar-refractivity contribution in [2.45, 2.75) is 25.6 Å². The van der Waals surface area contributed by atoms with Crippen LogP contribution in [0.3, 0.4) is 0 Å². The molecule has 0 bridgehead atoms. The number of hydrogen-bond acceptors (Lipinski definition) is 6.